The molecule has 0 amide bonds. The van der Waals surface area contributed by atoms with E-state index in [0.717, 1.165) is 31.5 Å². The number of rotatable bonds is 6. The number of likely N-dealkylation sites (tertiary alicyclic amines) is 1. The van der Waals surface area contributed by atoms with E-state index in [1.807, 2.05) is 6.92 Å². The summed E-state index contributed by atoms with van der Waals surface area (Å²) in [6.07, 6.45) is 2.45. The Morgan fingerprint density at radius 1 is 1.33 bits per heavy atom. The van der Waals surface area contributed by atoms with Crippen LogP contribution in [0.2, 0.25) is 0 Å². The highest BCUT2D eigenvalue weighted by molar-refractivity contribution is 5.75. The minimum Gasteiger partial charge on any atom is -0.481 e. The van der Waals surface area contributed by atoms with Gasteiger partial charge in [0.25, 0.3) is 0 Å². The molecule has 0 saturated carbocycles. The number of aliphatic carboxylic acids is 1. The first kappa shape index (κ1) is 16.0. The standard InChI is InChI=1S/C17H25NO3/c1-3-17(16(19)20)9-4-10-18(13-17)11-14-5-7-15(8-6-14)12-21-2/h5-8H,3-4,9-13H2,1-2H3,(H,19,20). The van der Waals surface area contributed by atoms with Crippen molar-refractivity contribution < 1.29 is 14.6 Å². The third-order valence-electron chi connectivity index (χ3n) is 4.53. The van der Waals surface area contributed by atoms with Crippen LogP contribution in [0.1, 0.15) is 37.3 Å². The van der Waals surface area contributed by atoms with E-state index in [2.05, 4.69) is 29.2 Å². The van der Waals surface area contributed by atoms with E-state index in [4.69, 9.17) is 4.74 Å². The molecule has 1 N–H and O–H groups in total. The number of nitrogens with zero attached hydrogens (tertiary/aromatic N) is 1. The Morgan fingerprint density at radius 3 is 2.57 bits per heavy atom. The van der Waals surface area contributed by atoms with E-state index >= 15 is 0 Å². The first-order valence-electron chi connectivity index (χ1n) is 7.62. The van der Waals surface area contributed by atoms with Crippen molar-refractivity contribution in [2.45, 2.75) is 39.3 Å². The SMILES string of the molecule is CCC1(C(=O)O)CCCN(Cc2ccc(COC)cc2)C1. The van der Waals surface area contributed by atoms with Gasteiger partial charge in [0, 0.05) is 20.2 Å². The third kappa shape index (κ3) is 3.83. The molecule has 1 heterocycles. The largest absolute Gasteiger partial charge is 0.481 e. The van der Waals surface area contributed by atoms with E-state index in [1.54, 1.807) is 7.11 Å². The zero-order chi connectivity index (χ0) is 15.3. The van der Waals surface area contributed by atoms with Crippen LogP contribution in [0.25, 0.3) is 0 Å². The molecular weight excluding hydrogens is 266 g/mol. The molecule has 0 radical (unpaired) electrons. The van der Waals surface area contributed by atoms with Crippen LogP contribution in [-0.2, 0) is 22.7 Å². The van der Waals surface area contributed by atoms with E-state index in [9.17, 15) is 9.90 Å². The average Bonchev–Trinajstić information content (AvgIpc) is 2.49. The molecule has 1 aliphatic rings. The fourth-order valence-corrected chi connectivity index (χ4v) is 3.14. The number of hydrogen-bond acceptors (Lipinski definition) is 3. The number of methoxy groups -OCH3 is 1. The maximum Gasteiger partial charge on any atom is 0.310 e. The molecule has 0 spiro atoms. The minimum absolute atomic E-state index is 0.561. The Kier molecular flexibility index (Phi) is 5.37. The van der Waals surface area contributed by atoms with Gasteiger partial charge in [0.15, 0.2) is 0 Å². The van der Waals surface area contributed by atoms with Crippen molar-refractivity contribution in [1.29, 1.82) is 0 Å². The summed E-state index contributed by atoms with van der Waals surface area (Å²) in [4.78, 5) is 13.9. The summed E-state index contributed by atoms with van der Waals surface area (Å²) in [5, 5.41) is 9.53. The van der Waals surface area contributed by atoms with Gasteiger partial charge in [-0.3, -0.25) is 9.69 Å². The molecule has 0 bridgehead atoms. The molecule has 1 aromatic rings. The number of hydrogen-bond donors (Lipinski definition) is 1. The second kappa shape index (κ2) is 7.05. The van der Waals surface area contributed by atoms with Crippen LogP contribution in [0.3, 0.4) is 0 Å². The van der Waals surface area contributed by atoms with Crippen molar-refractivity contribution >= 4 is 5.97 Å². The third-order valence-corrected chi connectivity index (χ3v) is 4.53. The first-order chi connectivity index (χ1) is 10.1. The molecule has 0 aromatic heterocycles. The topological polar surface area (TPSA) is 49.8 Å². The highest BCUT2D eigenvalue weighted by Gasteiger charge is 2.40. The fraction of sp³-hybridized carbons (Fsp3) is 0.588. The molecule has 1 atom stereocenters. The summed E-state index contributed by atoms with van der Waals surface area (Å²) in [5.74, 6) is -0.648. The number of carboxylic acids is 1. The number of piperidine rings is 1. The van der Waals surface area contributed by atoms with Crippen molar-refractivity contribution in [3.05, 3.63) is 35.4 Å². The highest BCUT2D eigenvalue weighted by atomic mass is 16.5. The van der Waals surface area contributed by atoms with E-state index in [1.165, 1.54) is 5.56 Å². The van der Waals surface area contributed by atoms with Gasteiger partial charge in [0.2, 0.25) is 0 Å². The van der Waals surface area contributed by atoms with Crippen LogP contribution in [0, 0.1) is 5.41 Å². The van der Waals surface area contributed by atoms with Crippen molar-refractivity contribution in [2.24, 2.45) is 5.41 Å². The van der Waals surface area contributed by atoms with Gasteiger partial charge in [-0.15, -0.1) is 0 Å². The Hall–Kier alpha value is -1.39. The van der Waals surface area contributed by atoms with Gasteiger partial charge in [0.1, 0.15) is 0 Å². The molecule has 4 nitrogen and oxygen atoms in total. The molecule has 1 unspecified atom stereocenters. The second-order valence-electron chi connectivity index (χ2n) is 6.00. The molecule has 116 valence electrons. The van der Waals surface area contributed by atoms with Gasteiger partial charge in [-0.05, 0) is 36.9 Å². The molecule has 1 saturated heterocycles. The minimum atomic E-state index is -0.648. The number of carboxylic acid groups (broad SMARTS) is 1. The van der Waals surface area contributed by atoms with E-state index in [0.29, 0.717) is 19.6 Å². The molecule has 0 aliphatic carbocycles. The van der Waals surface area contributed by atoms with Crippen LogP contribution < -0.4 is 0 Å². The Balaban J connectivity index is 2.00. The zero-order valence-corrected chi connectivity index (χ0v) is 13.0. The van der Waals surface area contributed by atoms with Crippen molar-refractivity contribution in [2.75, 3.05) is 20.2 Å². The molecule has 1 aliphatic heterocycles. The quantitative estimate of drug-likeness (QED) is 0.875. The van der Waals surface area contributed by atoms with Crippen molar-refractivity contribution in [1.82, 2.24) is 4.90 Å². The summed E-state index contributed by atoms with van der Waals surface area (Å²) in [5.41, 5.74) is 1.83. The summed E-state index contributed by atoms with van der Waals surface area (Å²) in [6.45, 7) is 5.06. The molecule has 2 rings (SSSR count). The smallest absolute Gasteiger partial charge is 0.310 e. The summed E-state index contributed by atoms with van der Waals surface area (Å²) < 4.78 is 5.11. The Labute approximate surface area is 126 Å². The first-order valence-corrected chi connectivity index (χ1v) is 7.62. The van der Waals surface area contributed by atoms with Gasteiger partial charge in [-0.1, -0.05) is 31.2 Å². The number of ether oxygens (including phenoxy) is 1. The lowest BCUT2D eigenvalue weighted by Crippen LogP contribution is -2.47. The monoisotopic (exact) mass is 291 g/mol. The Morgan fingerprint density at radius 2 is 2.00 bits per heavy atom. The maximum atomic E-state index is 11.6. The van der Waals surface area contributed by atoms with Crippen LogP contribution in [0.4, 0.5) is 0 Å². The summed E-state index contributed by atoms with van der Waals surface area (Å²) >= 11 is 0. The maximum absolute atomic E-state index is 11.6. The van der Waals surface area contributed by atoms with Crippen LogP contribution >= 0.6 is 0 Å². The molecular formula is C17H25NO3. The summed E-state index contributed by atoms with van der Waals surface area (Å²) in [7, 11) is 1.69. The fourth-order valence-electron chi connectivity index (χ4n) is 3.14. The number of benzene rings is 1. The lowest BCUT2D eigenvalue weighted by atomic mass is 9.77. The van der Waals surface area contributed by atoms with Crippen LogP contribution in [0.5, 0.6) is 0 Å². The van der Waals surface area contributed by atoms with Gasteiger partial charge in [-0.25, -0.2) is 0 Å². The van der Waals surface area contributed by atoms with E-state index < -0.39 is 11.4 Å². The molecule has 21 heavy (non-hydrogen) atoms. The lowest BCUT2D eigenvalue weighted by molar-refractivity contribution is -0.153. The van der Waals surface area contributed by atoms with Gasteiger partial charge >= 0.3 is 5.97 Å². The predicted molar refractivity (Wildman–Crippen MR) is 82.0 cm³/mol. The normalized spacial score (nSPS) is 23.1. The highest BCUT2D eigenvalue weighted by Crippen LogP contribution is 2.34. The molecule has 1 fully saturated rings. The Bertz CT molecular complexity index is 471. The van der Waals surface area contributed by atoms with Crippen LogP contribution in [-0.4, -0.2) is 36.2 Å². The second-order valence-corrected chi connectivity index (χ2v) is 6.00. The van der Waals surface area contributed by atoms with Gasteiger partial charge in [0.05, 0.1) is 12.0 Å². The van der Waals surface area contributed by atoms with Crippen molar-refractivity contribution in [3.63, 3.8) is 0 Å². The molecule has 4 heteroatoms. The average molecular weight is 291 g/mol. The van der Waals surface area contributed by atoms with Crippen LogP contribution in [0.15, 0.2) is 24.3 Å². The summed E-state index contributed by atoms with van der Waals surface area (Å²) in [6, 6.07) is 8.37. The predicted octanol–water partition coefficient (Wildman–Crippen LogP) is 2.91. The van der Waals surface area contributed by atoms with E-state index in [-0.39, 0.29) is 0 Å². The molecule has 1 aromatic carbocycles. The lowest BCUT2D eigenvalue weighted by Gasteiger charge is -2.39. The van der Waals surface area contributed by atoms with Gasteiger partial charge < -0.3 is 9.84 Å². The van der Waals surface area contributed by atoms with Gasteiger partial charge in [-0.2, -0.15) is 0 Å². The zero-order valence-electron chi connectivity index (χ0n) is 13.0. The van der Waals surface area contributed by atoms with Crippen molar-refractivity contribution in [3.8, 4) is 0 Å². The number of carbonyl (C=O) groups is 1.